The predicted octanol–water partition coefficient (Wildman–Crippen LogP) is 3.38. The largest absolute Gasteiger partial charge is 0.494 e. The van der Waals surface area contributed by atoms with Gasteiger partial charge in [0.1, 0.15) is 5.75 Å². The maximum absolute atomic E-state index is 11.8. The van der Waals surface area contributed by atoms with Crippen molar-refractivity contribution in [2.45, 2.75) is 0 Å². The number of benzene rings is 1. The molecule has 0 fully saturated rings. The maximum atomic E-state index is 11.8. The van der Waals surface area contributed by atoms with Crippen molar-refractivity contribution >= 4 is 44.0 Å². The quantitative estimate of drug-likeness (QED) is 0.618. The van der Waals surface area contributed by atoms with Crippen LogP contribution in [0.4, 0.5) is 0 Å². The van der Waals surface area contributed by atoms with Gasteiger partial charge in [-0.3, -0.25) is 9.78 Å². The summed E-state index contributed by atoms with van der Waals surface area (Å²) < 4.78 is 6.80. The van der Waals surface area contributed by atoms with Gasteiger partial charge in [0.2, 0.25) is 0 Å². The van der Waals surface area contributed by atoms with Gasteiger partial charge in [-0.25, -0.2) is 5.43 Å². The van der Waals surface area contributed by atoms with Crippen LogP contribution in [0.25, 0.3) is 0 Å². The standard InChI is InChI=1S/C14H11Br2N3O2/c1-21-13-11(15)5-9(6-12(13)16)7-18-19-14(20)10-3-2-4-17-8-10/h2-8H,1H3,(H,19,20)/b18-7+. The minimum atomic E-state index is -0.314. The Balaban J connectivity index is 2.07. The van der Waals surface area contributed by atoms with Crippen molar-refractivity contribution in [1.82, 2.24) is 10.4 Å². The van der Waals surface area contributed by atoms with Crippen LogP contribution in [-0.2, 0) is 0 Å². The van der Waals surface area contributed by atoms with E-state index in [4.69, 9.17) is 4.74 Å². The molecule has 1 amide bonds. The number of carbonyl (C=O) groups excluding carboxylic acids is 1. The number of ether oxygens (including phenoxy) is 1. The van der Waals surface area contributed by atoms with E-state index < -0.39 is 0 Å². The van der Waals surface area contributed by atoms with Crippen LogP contribution in [0.3, 0.4) is 0 Å². The molecule has 0 radical (unpaired) electrons. The Labute approximate surface area is 138 Å². The summed E-state index contributed by atoms with van der Waals surface area (Å²) in [7, 11) is 1.59. The summed E-state index contributed by atoms with van der Waals surface area (Å²) in [6.45, 7) is 0. The van der Waals surface area contributed by atoms with E-state index in [1.54, 1.807) is 31.7 Å². The Bertz CT molecular complexity index is 652. The second-order valence-corrected chi connectivity index (χ2v) is 5.67. The summed E-state index contributed by atoms with van der Waals surface area (Å²) in [5.41, 5.74) is 3.70. The fraction of sp³-hybridized carbons (Fsp3) is 0.0714. The molecule has 21 heavy (non-hydrogen) atoms. The molecule has 0 aliphatic rings. The SMILES string of the molecule is COc1c(Br)cc(/C=N/NC(=O)c2cccnc2)cc1Br. The molecule has 0 aliphatic carbocycles. The number of aromatic nitrogens is 1. The molecule has 1 aromatic heterocycles. The van der Waals surface area contributed by atoms with Gasteiger partial charge in [0.05, 0.1) is 27.8 Å². The first-order valence-corrected chi connectivity index (χ1v) is 7.47. The first kappa shape index (κ1) is 15.7. The Kier molecular flexibility index (Phi) is 5.46. The molecule has 0 saturated heterocycles. The first-order chi connectivity index (χ1) is 10.1. The molecule has 0 spiro atoms. The van der Waals surface area contributed by atoms with Gasteiger partial charge in [0.25, 0.3) is 5.91 Å². The van der Waals surface area contributed by atoms with Crippen LogP contribution in [0, 0.1) is 0 Å². The van der Waals surface area contributed by atoms with Crippen molar-refractivity contribution in [3.05, 3.63) is 56.7 Å². The first-order valence-electron chi connectivity index (χ1n) is 5.88. The van der Waals surface area contributed by atoms with E-state index in [0.717, 1.165) is 14.5 Å². The average molecular weight is 413 g/mol. The van der Waals surface area contributed by atoms with Gasteiger partial charge in [-0.05, 0) is 61.7 Å². The highest BCUT2D eigenvalue weighted by molar-refractivity contribution is 9.11. The lowest BCUT2D eigenvalue weighted by Crippen LogP contribution is -2.17. The van der Waals surface area contributed by atoms with Gasteiger partial charge in [0, 0.05) is 12.4 Å². The molecule has 0 saturated carbocycles. The number of nitrogens with one attached hydrogen (secondary N) is 1. The average Bonchev–Trinajstić information content (AvgIpc) is 2.48. The third-order valence-electron chi connectivity index (χ3n) is 2.53. The second kappa shape index (κ2) is 7.33. The molecular weight excluding hydrogens is 402 g/mol. The minimum Gasteiger partial charge on any atom is -0.494 e. The molecule has 0 atom stereocenters. The van der Waals surface area contributed by atoms with Crippen LogP contribution in [0.5, 0.6) is 5.75 Å². The molecule has 1 aromatic carbocycles. The van der Waals surface area contributed by atoms with Gasteiger partial charge < -0.3 is 4.74 Å². The van der Waals surface area contributed by atoms with Crippen molar-refractivity contribution < 1.29 is 9.53 Å². The highest BCUT2D eigenvalue weighted by atomic mass is 79.9. The number of hydrazone groups is 1. The van der Waals surface area contributed by atoms with Gasteiger partial charge in [-0.1, -0.05) is 0 Å². The molecule has 0 bridgehead atoms. The number of pyridine rings is 1. The zero-order valence-corrected chi connectivity index (χ0v) is 14.2. The Morgan fingerprint density at radius 2 is 2.10 bits per heavy atom. The van der Waals surface area contributed by atoms with E-state index in [9.17, 15) is 4.79 Å². The highest BCUT2D eigenvalue weighted by Gasteiger charge is 2.07. The number of halogens is 2. The Hall–Kier alpha value is -1.73. The van der Waals surface area contributed by atoms with E-state index in [2.05, 4.69) is 47.4 Å². The fourth-order valence-corrected chi connectivity index (χ4v) is 3.12. The Morgan fingerprint density at radius 1 is 1.38 bits per heavy atom. The monoisotopic (exact) mass is 411 g/mol. The van der Waals surface area contributed by atoms with Gasteiger partial charge in [0.15, 0.2) is 0 Å². The van der Waals surface area contributed by atoms with Gasteiger partial charge in [-0.2, -0.15) is 5.10 Å². The van der Waals surface area contributed by atoms with Crippen LogP contribution >= 0.6 is 31.9 Å². The highest BCUT2D eigenvalue weighted by Crippen LogP contribution is 2.33. The van der Waals surface area contributed by atoms with Crippen LogP contribution in [0.15, 0.2) is 50.7 Å². The molecule has 2 rings (SSSR count). The summed E-state index contributed by atoms with van der Waals surface area (Å²) in [5, 5.41) is 3.92. The minimum absolute atomic E-state index is 0.314. The van der Waals surface area contributed by atoms with Crippen LogP contribution in [-0.4, -0.2) is 24.2 Å². The molecule has 1 N–H and O–H groups in total. The summed E-state index contributed by atoms with van der Waals surface area (Å²) >= 11 is 6.81. The molecule has 2 aromatic rings. The van der Waals surface area contributed by atoms with E-state index in [1.165, 1.54) is 6.20 Å². The smallest absolute Gasteiger partial charge is 0.272 e. The molecule has 0 aliphatic heterocycles. The summed E-state index contributed by atoms with van der Waals surface area (Å²) in [6, 6.07) is 7.03. The third-order valence-corrected chi connectivity index (χ3v) is 3.71. The lowest BCUT2D eigenvalue weighted by atomic mass is 10.2. The van der Waals surface area contributed by atoms with Gasteiger partial charge >= 0.3 is 0 Å². The van der Waals surface area contributed by atoms with Gasteiger partial charge in [-0.15, -0.1) is 0 Å². The molecule has 0 unspecified atom stereocenters. The molecule has 5 nitrogen and oxygen atoms in total. The lowest BCUT2D eigenvalue weighted by Gasteiger charge is -2.06. The maximum Gasteiger partial charge on any atom is 0.272 e. The van der Waals surface area contributed by atoms with E-state index >= 15 is 0 Å². The van der Waals surface area contributed by atoms with Crippen molar-refractivity contribution in [2.24, 2.45) is 5.10 Å². The van der Waals surface area contributed by atoms with Crippen molar-refractivity contribution in [3.8, 4) is 5.75 Å². The third kappa shape index (κ3) is 4.12. The summed E-state index contributed by atoms with van der Waals surface area (Å²) in [6.07, 6.45) is 4.63. The molecule has 108 valence electrons. The van der Waals surface area contributed by atoms with Crippen LogP contribution < -0.4 is 10.2 Å². The molecule has 7 heteroatoms. The predicted molar refractivity (Wildman–Crippen MR) is 87.7 cm³/mol. The summed E-state index contributed by atoms with van der Waals surface area (Å²) in [5.74, 6) is 0.387. The summed E-state index contributed by atoms with van der Waals surface area (Å²) in [4.78, 5) is 15.6. The van der Waals surface area contributed by atoms with E-state index in [-0.39, 0.29) is 5.91 Å². The normalized spacial score (nSPS) is 10.6. The number of nitrogens with zero attached hydrogens (tertiary/aromatic N) is 2. The van der Waals surface area contributed by atoms with Crippen LogP contribution in [0.2, 0.25) is 0 Å². The zero-order valence-electron chi connectivity index (χ0n) is 11.0. The van der Waals surface area contributed by atoms with Crippen LogP contribution in [0.1, 0.15) is 15.9 Å². The number of hydrogen-bond acceptors (Lipinski definition) is 4. The topological polar surface area (TPSA) is 63.6 Å². The fourth-order valence-electron chi connectivity index (χ4n) is 1.58. The van der Waals surface area contributed by atoms with Crippen molar-refractivity contribution in [2.75, 3.05) is 7.11 Å². The number of carbonyl (C=O) groups is 1. The number of rotatable bonds is 4. The number of hydrogen-bond donors (Lipinski definition) is 1. The van der Waals surface area contributed by atoms with E-state index in [0.29, 0.717) is 11.3 Å². The molecule has 1 heterocycles. The lowest BCUT2D eigenvalue weighted by molar-refractivity contribution is 0.0955. The van der Waals surface area contributed by atoms with Crippen molar-refractivity contribution in [3.63, 3.8) is 0 Å². The van der Waals surface area contributed by atoms with Crippen molar-refractivity contribution in [1.29, 1.82) is 0 Å². The second-order valence-electron chi connectivity index (χ2n) is 3.96. The van der Waals surface area contributed by atoms with E-state index in [1.807, 2.05) is 12.1 Å². The zero-order chi connectivity index (χ0) is 15.2. The Morgan fingerprint density at radius 3 is 2.67 bits per heavy atom. The number of methoxy groups -OCH3 is 1. The molecular formula is C14H11Br2N3O2. The number of amides is 1.